The largest absolute Gasteiger partial charge is 0.507 e. The van der Waals surface area contributed by atoms with Crippen molar-refractivity contribution in [2.75, 3.05) is 4.90 Å². The third kappa shape index (κ3) is 3.60. The Labute approximate surface area is 180 Å². The van der Waals surface area contributed by atoms with Gasteiger partial charge in [0.2, 0.25) is 0 Å². The third-order valence-electron chi connectivity index (χ3n) is 5.47. The Morgan fingerprint density at radius 1 is 0.968 bits per heavy atom. The number of Topliss-reactive ketones (excluding diaryl/α,β-unsaturated/α-hetero) is 1. The van der Waals surface area contributed by atoms with Gasteiger partial charge in [-0.25, -0.2) is 0 Å². The number of ketones is 1. The lowest BCUT2D eigenvalue weighted by Crippen LogP contribution is -2.29. The number of carbonyl (C=O) groups is 2. The Balaban J connectivity index is 1.90. The summed E-state index contributed by atoms with van der Waals surface area (Å²) in [4.78, 5) is 27.5. The fraction of sp³-hybridized carbons (Fsp3) is 0.115. The van der Waals surface area contributed by atoms with E-state index in [-0.39, 0.29) is 11.3 Å². The molecule has 1 atom stereocenters. The highest BCUT2D eigenvalue weighted by molar-refractivity contribution is 6.51. The molecule has 5 heteroatoms. The maximum absolute atomic E-state index is 13.1. The molecule has 0 radical (unpaired) electrons. The minimum atomic E-state index is -0.778. The first kappa shape index (κ1) is 20.1. The standard InChI is InChI=1S/C26H20N2O3/c1-2-17-8-12-20(13-9-17)24(29)22-23(19-6-4-3-5-7-19)28(26(31)25(22)30)21-14-10-18(16-27)11-15-21/h3-15,23,29H,2H2,1H3/b24-22+. The van der Waals surface area contributed by atoms with Crippen LogP contribution in [0.3, 0.4) is 0 Å². The SMILES string of the molecule is CCc1ccc(/C(O)=C2\C(=O)C(=O)N(c3ccc(C#N)cc3)C2c2ccccc2)cc1. The van der Waals surface area contributed by atoms with Gasteiger partial charge in [-0.3, -0.25) is 14.5 Å². The number of aryl methyl sites for hydroxylation is 1. The molecule has 1 N–H and O–H groups in total. The van der Waals surface area contributed by atoms with Crippen molar-refractivity contribution in [1.82, 2.24) is 0 Å². The highest BCUT2D eigenvalue weighted by Crippen LogP contribution is 2.42. The molecule has 5 nitrogen and oxygen atoms in total. The second-order valence-corrected chi connectivity index (χ2v) is 7.29. The van der Waals surface area contributed by atoms with Crippen LogP contribution in [0.25, 0.3) is 5.76 Å². The smallest absolute Gasteiger partial charge is 0.300 e. The molecule has 1 aliphatic rings. The zero-order valence-electron chi connectivity index (χ0n) is 16.9. The molecule has 4 rings (SSSR count). The van der Waals surface area contributed by atoms with Crippen molar-refractivity contribution in [3.05, 3.63) is 107 Å². The van der Waals surface area contributed by atoms with E-state index in [1.54, 1.807) is 36.4 Å². The van der Waals surface area contributed by atoms with Crippen molar-refractivity contribution in [1.29, 1.82) is 5.26 Å². The summed E-state index contributed by atoms with van der Waals surface area (Å²) in [7, 11) is 0. The Bertz CT molecular complexity index is 1200. The summed E-state index contributed by atoms with van der Waals surface area (Å²) in [5.74, 6) is -1.66. The molecule has 1 amide bonds. The van der Waals surface area contributed by atoms with E-state index in [0.717, 1.165) is 12.0 Å². The lowest BCUT2D eigenvalue weighted by Gasteiger charge is -2.25. The number of aliphatic hydroxyl groups is 1. The van der Waals surface area contributed by atoms with Gasteiger partial charge in [0.05, 0.1) is 23.2 Å². The van der Waals surface area contributed by atoms with Gasteiger partial charge in [0, 0.05) is 11.3 Å². The van der Waals surface area contributed by atoms with Crippen molar-refractivity contribution in [2.24, 2.45) is 0 Å². The maximum atomic E-state index is 13.1. The van der Waals surface area contributed by atoms with E-state index in [2.05, 4.69) is 0 Å². The number of carbonyl (C=O) groups excluding carboxylic acids is 2. The van der Waals surface area contributed by atoms with E-state index >= 15 is 0 Å². The average molecular weight is 408 g/mol. The Morgan fingerprint density at radius 2 is 1.61 bits per heavy atom. The van der Waals surface area contributed by atoms with Crippen LogP contribution in [-0.2, 0) is 16.0 Å². The third-order valence-corrected chi connectivity index (χ3v) is 5.47. The molecule has 1 saturated heterocycles. The number of rotatable bonds is 4. The van der Waals surface area contributed by atoms with E-state index in [0.29, 0.717) is 22.4 Å². The van der Waals surface area contributed by atoms with Crippen molar-refractivity contribution in [3.8, 4) is 6.07 Å². The molecule has 0 aliphatic carbocycles. The molecular formula is C26H20N2O3. The van der Waals surface area contributed by atoms with Crippen molar-refractivity contribution in [2.45, 2.75) is 19.4 Å². The number of nitrogens with zero attached hydrogens (tertiary/aromatic N) is 2. The van der Waals surface area contributed by atoms with Gasteiger partial charge in [-0.15, -0.1) is 0 Å². The van der Waals surface area contributed by atoms with Crippen LogP contribution in [0.15, 0.2) is 84.4 Å². The molecule has 1 aliphatic heterocycles. The second-order valence-electron chi connectivity index (χ2n) is 7.29. The number of hydrogen-bond donors (Lipinski definition) is 1. The molecule has 152 valence electrons. The van der Waals surface area contributed by atoms with Gasteiger partial charge in [0.15, 0.2) is 0 Å². The van der Waals surface area contributed by atoms with Crippen LogP contribution >= 0.6 is 0 Å². The van der Waals surface area contributed by atoms with Crippen LogP contribution in [-0.4, -0.2) is 16.8 Å². The summed E-state index contributed by atoms with van der Waals surface area (Å²) < 4.78 is 0. The molecule has 0 spiro atoms. The zero-order chi connectivity index (χ0) is 22.0. The molecule has 0 saturated carbocycles. The minimum Gasteiger partial charge on any atom is -0.507 e. The molecule has 0 aromatic heterocycles. The monoisotopic (exact) mass is 408 g/mol. The minimum absolute atomic E-state index is 0.0461. The van der Waals surface area contributed by atoms with Gasteiger partial charge in [-0.1, -0.05) is 61.5 Å². The summed E-state index contributed by atoms with van der Waals surface area (Å²) in [5.41, 5.74) is 3.27. The molecule has 3 aromatic rings. The van der Waals surface area contributed by atoms with Crippen molar-refractivity contribution < 1.29 is 14.7 Å². The van der Waals surface area contributed by atoms with Gasteiger partial charge in [0.1, 0.15) is 5.76 Å². The summed E-state index contributed by atoms with van der Waals surface area (Å²) in [5, 5.41) is 20.2. The number of hydrogen-bond acceptors (Lipinski definition) is 4. The quantitative estimate of drug-likeness (QED) is 0.384. The maximum Gasteiger partial charge on any atom is 0.300 e. The first-order chi connectivity index (χ1) is 15.0. The molecule has 1 heterocycles. The predicted octanol–water partition coefficient (Wildman–Crippen LogP) is 4.75. The lowest BCUT2D eigenvalue weighted by atomic mass is 9.94. The van der Waals surface area contributed by atoms with E-state index < -0.39 is 17.7 Å². The Morgan fingerprint density at radius 3 is 2.19 bits per heavy atom. The summed E-state index contributed by atoms with van der Waals surface area (Å²) >= 11 is 0. The summed E-state index contributed by atoms with van der Waals surface area (Å²) in [6.07, 6.45) is 0.855. The first-order valence-electron chi connectivity index (χ1n) is 10.0. The van der Waals surface area contributed by atoms with Crippen LogP contribution in [0, 0.1) is 11.3 Å². The van der Waals surface area contributed by atoms with E-state index in [1.165, 1.54) is 4.90 Å². The second kappa shape index (κ2) is 8.29. The molecule has 31 heavy (non-hydrogen) atoms. The lowest BCUT2D eigenvalue weighted by molar-refractivity contribution is -0.132. The molecule has 1 unspecified atom stereocenters. The highest BCUT2D eigenvalue weighted by Gasteiger charge is 2.46. The molecule has 1 fully saturated rings. The van der Waals surface area contributed by atoms with Gasteiger partial charge >= 0.3 is 0 Å². The Kier molecular flexibility index (Phi) is 5.38. The van der Waals surface area contributed by atoms with Crippen LogP contribution in [0.2, 0.25) is 0 Å². The van der Waals surface area contributed by atoms with Gasteiger partial charge in [-0.2, -0.15) is 5.26 Å². The number of amides is 1. The predicted molar refractivity (Wildman–Crippen MR) is 118 cm³/mol. The van der Waals surface area contributed by atoms with E-state index in [9.17, 15) is 14.7 Å². The number of benzene rings is 3. The van der Waals surface area contributed by atoms with Crippen molar-refractivity contribution in [3.63, 3.8) is 0 Å². The summed E-state index contributed by atoms with van der Waals surface area (Å²) in [6.45, 7) is 2.04. The van der Waals surface area contributed by atoms with E-state index in [4.69, 9.17) is 5.26 Å². The highest BCUT2D eigenvalue weighted by atomic mass is 16.3. The fourth-order valence-electron chi connectivity index (χ4n) is 3.80. The van der Waals surface area contributed by atoms with Crippen LogP contribution in [0.4, 0.5) is 5.69 Å². The molecular weight excluding hydrogens is 388 g/mol. The van der Waals surface area contributed by atoms with Gasteiger partial charge in [0.25, 0.3) is 11.7 Å². The van der Waals surface area contributed by atoms with Crippen LogP contribution in [0.5, 0.6) is 0 Å². The summed E-state index contributed by atoms with van der Waals surface area (Å²) in [6, 6.07) is 24.2. The van der Waals surface area contributed by atoms with Crippen molar-refractivity contribution >= 4 is 23.1 Å². The zero-order valence-corrected chi connectivity index (χ0v) is 16.9. The molecule has 3 aromatic carbocycles. The van der Waals surface area contributed by atoms with E-state index in [1.807, 2.05) is 55.5 Å². The van der Waals surface area contributed by atoms with Crippen LogP contribution in [0.1, 0.15) is 35.2 Å². The normalized spacial score (nSPS) is 17.5. The fourth-order valence-corrected chi connectivity index (χ4v) is 3.80. The molecule has 0 bridgehead atoms. The van der Waals surface area contributed by atoms with Gasteiger partial charge in [-0.05, 0) is 41.8 Å². The van der Waals surface area contributed by atoms with Crippen LogP contribution < -0.4 is 4.90 Å². The number of aliphatic hydroxyl groups excluding tert-OH is 1. The average Bonchev–Trinajstić information content (AvgIpc) is 3.09. The number of nitriles is 1. The van der Waals surface area contributed by atoms with Gasteiger partial charge < -0.3 is 5.11 Å². The first-order valence-corrected chi connectivity index (χ1v) is 10.0. The number of anilines is 1. The Hall–Kier alpha value is -4.17. The topological polar surface area (TPSA) is 81.4 Å².